The van der Waals surface area contributed by atoms with Crippen molar-refractivity contribution in [3.8, 4) is 0 Å². The molecule has 1 aromatic heterocycles. The number of fused-ring (bicyclic) bond motifs is 1. The van der Waals surface area contributed by atoms with Crippen LogP contribution in [0.15, 0.2) is 0 Å². The van der Waals surface area contributed by atoms with Gasteiger partial charge in [0.1, 0.15) is 0 Å². The molecule has 20 heavy (non-hydrogen) atoms. The molecule has 3 amide bonds. The number of hydrogen-bond acceptors (Lipinski definition) is 4. The van der Waals surface area contributed by atoms with E-state index in [1.165, 1.54) is 11.3 Å². The van der Waals surface area contributed by atoms with Gasteiger partial charge in [0.05, 0.1) is 5.69 Å². The van der Waals surface area contributed by atoms with Gasteiger partial charge in [-0.2, -0.15) is 0 Å². The van der Waals surface area contributed by atoms with Crippen LogP contribution >= 0.6 is 11.3 Å². The number of nitrogens with zero attached hydrogens (tertiary/aromatic N) is 2. The molecule has 0 aliphatic carbocycles. The zero-order valence-corrected chi connectivity index (χ0v) is 12.8. The van der Waals surface area contributed by atoms with Gasteiger partial charge >= 0.3 is 6.03 Å². The Balaban J connectivity index is 2.03. The van der Waals surface area contributed by atoms with Crippen LogP contribution in [0.5, 0.6) is 0 Å². The Morgan fingerprint density at radius 2 is 2.00 bits per heavy atom. The van der Waals surface area contributed by atoms with E-state index in [0.29, 0.717) is 24.5 Å². The monoisotopic (exact) mass is 296 g/mol. The maximum Gasteiger partial charge on any atom is 0.317 e. The van der Waals surface area contributed by atoms with E-state index < -0.39 is 0 Å². The molecule has 0 fully saturated rings. The van der Waals surface area contributed by atoms with Crippen LogP contribution in [-0.4, -0.2) is 48.0 Å². The van der Waals surface area contributed by atoms with Gasteiger partial charge in [-0.15, -0.1) is 11.3 Å². The van der Waals surface area contributed by atoms with Gasteiger partial charge in [-0.3, -0.25) is 4.79 Å². The minimum absolute atomic E-state index is 0.0262. The van der Waals surface area contributed by atoms with E-state index in [2.05, 4.69) is 15.6 Å². The average Bonchev–Trinajstić information content (AvgIpc) is 2.70. The van der Waals surface area contributed by atoms with E-state index in [1.54, 1.807) is 7.05 Å². The number of hydrogen-bond donors (Lipinski definition) is 2. The lowest BCUT2D eigenvalue weighted by molar-refractivity contribution is 0.0962. The summed E-state index contributed by atoms with van der Waals surface area (Å²) in [6.45, 7) is 5.21. The number of thiazole rings is 1. The lowest BCUT2D eigenvalue weighted by Crippen LogP contribution is -2.44. The van der Waals surface area contributed by atoms with Gasteiger partial charge in [0.15, 0.2) is 5.01 Å². The fourth-order valence-corrected chi connectivity index (χ4v) is 3.15. The smallest absolute Gasteiger partial charge is 0.317 e. The quantitative estimate of drug-likeness (QED) is 0.856. The van der Waals surface area contributed by atoms with Crippen molar-refractivity contribution in [3.63, 3.8) is 0 Å². The van der Waals surface area contributed by atoms with Crippen molar-refractivity contribution < 1.29 is 9.59 Å². The van der Waals surface area contributed by atoms with Crippen molar-refractivity contribution in [1.82, 2.24) is 20.5 Å². The summed E-state index contributed by atoms with van der Waals surface area (Å²) < 4.78 is 0. The molecule has 0 saturated carbocycles. The maximum atomic E-state index is 12.0. The molecule has 7 heteroatoms. The van der Waals surface area contributed by atoms with E-state index in [-0.39, 0.29) is 18.0 Å². The van der Waals surface area contributed by atoms with Crippen molar-refractivity contribution in [2.45, 2.75) is 32.7 Å². The van der Waals surface area contributed by atoms with Crippen molar-refractivity contribution in [3.05, 3.63) is 15.6 Å². The van der Waals surface area contributed by atoms with Crippen LogP contribution in [-0.2, 0) is 12.8 Å². The van der Waals surface area contributed by atoms with Crippen LogP contribution < -0.4 is 10.6 Å². The number of carbonyl (C=O) groups excluding carboxylic acids is 2. The third-order valence-corrected chi connectivity index (χ3v) is 4.28. The van der Waals surface area contributed by atoms with Crippen molar-refractivity contribution >= 4 is 23.3 Å². The van der Waals surface area contributed by atoms with Crippen molar-refractivity contribution in [1.29, 1.82) is 0 Å². The largest absolute Gasteiger partial charge is 0.353 e. The lowest BCUT2D eigenvalue weighted by Gasteiger charge is -2.22. The molecule has 110 valence electrons. The Labute approximate surface area is 122 Å². The summed E-state index contributed by atoms with van der Waals surface area (Å²) in [7, 11) is 1.60. The summed E-state index contributed by atoms with van der Waals surface area (Å²) in [4.78, 5) is 30.9. The molecule has 0 unspecified atom stereocenters. The van der Waals surface area contributed by atoms with E-state index >= 15 is 0 Å². The zero-order valence-electron chi connectivity index (χ0n) is 12.0. The van der Waals surface area contributed by atoms with E-state index in [0.717, 1.165) is 17.0 Å². The van der Waals surface area contributed by atoms with Gasteiger partial charge in [0.25, 0.3) is 5.91 Å². The van der Waals surface area contributed by atoms with Gasteiger partial charge in [-0.25, -0.2) is 9.78 Å². The van der Waals surface area contributed by atoms with E-state index in [1.807, 2.05) is 18.7 Å². The minimum atomic E-state index is -0.141. The average molecular weight is 296 g/mol. The Kier molecular flexibility index (Phi) is 4.59. The predicted octanol–water partition coefficient (Wildman–Crippen LogP) is 1.02. The number of urea groups is 1. The number of rotatable bonds is 2. The minimum Gasteiger partial charge on any atom is -0.353 e. The molecule has 0 radical (unpaired) electrons. The highest BCUT2D eigenvalue weighted by atomic mass is 32.1. The van der Waals surface area contributed by atoms with Crippen LogP contribution in [0.25, 0.3) is 0 Å². The molecule has 1 aromatic rings. The standard InChI is InChI=1S/C13H20N4O2S/c1-8(2)15-13(19)17-6-4-9-10(5-7-17)20-12(16-9)11(18)14-3/h8H,4-7H2,1-3H3,(H,14,18)(H,15,19). The van der Waals surface area contributed by atoms with Crippen LogP contribution in [0.2, 0.25) is 0 Å². The van der Waals surface area contributed by atoms with Crippen LogP contribution in [0.4, 0.5) is 4.79 Å². The first kappa shape index (κ1) is 14.8. The maximum absolute atomic E-state index is 12.0. The first-order chi connectivity index (χ1) is 9.51. The molecule has 0 aromatic carbocycles. The second kappa shape index (κ2) is 6.21. The summed E-state index contributed by atoms with van der Waals surface area (Å²) in [5, 5.41) is 6.00. The fourth-order valence-electron chi connectivity index (χ4n) is 2.11. The van der Waals surface area contributed by atoms with E-state index in [4.69, 9.17) is 0 Å². The third-order valence-electron chi connectivity index (χ3n) is 3.13. The Bertz CT molecular complexity index is 487. The molecule has 1 aliphatic heterocycles. The molecule has 6 nitrogen and oxygen atoms in total. The first-order valence-electron chi connectivity index (χ1n) is 6.77. The summed E-state index contributed by atoms with van der Waals surface area (Å²) in [6.07, 6.45) is 1.46. The Morgan fingerprint density at radius 1 is 1.30 bits per heavy atom. The summed E-state index contributed by atoms with van der Waals surface area (Å²) in [6, 6.07) is 0.111. The third kappa shape index (κ3) is 3.27. The van der Waals surface area contributed by atoms with Gasteiger partial charge in [-0.1, -0.05) is 0 Å². The Morgan fingerprint density at radius 3 is 2.65 bits per heavy atom. The van der Waals surface area contributed by atoms with Gasteiger partial charge in [-0.05, 0) is 13.8 Å². The molecule has 2 N–H and O–H groups in total. The topological polar surface area (TPSA) is 74.3 Å². The highest BCUT2D eigenvalue weighted by Gasteiger charge is 2.23. The number of nitrogens with one attached hydrogen (secondary N) is 2. The van der Waals surface area contributed by atoms with E-state index in [9.17, 15) is 9.59 Å². The predicted molar refractivity (Wildman–Crippen MR) is 78.2 cm³/mol. The number of amides is 3. The van der Waals surface area contributed by atoms with Crippen molar-refractivity contribution in [2.24, 2.45) is 0 Å². The summed E-state index contributed by atoms with van der Waals surface area (Å²) >= 11 is 1.43. The summed E-state index contributed by atoms with van der Waals surface area (Å²) in [5.41, 5.74) is 0.952. The number of aromatic nitrogens is 1. The zero-order chi connectivity index (χ0) is 14.7. The van der Waals surface area contributed by atoms with Gasteiger partial charge < -0.3 is 15.5 Å². The van der Waals surface area contributed by atoms with Gasteiger partial charge in [0, 0.05) is 43.9 Å². The highest BCUT2D eigenvalue weighted by Crippen LogP contribution is 2.23. The van der Waals surface area contributed by atoms with Gasteiger partial charge in [0.2, 0.25) is 0 Å². The first-order valence-corrected chi connectivity index (χ1v) is 7.59. The molecule has 2 rings (SSSR count). The normalized spacial score (nSPS) is 14.7. The molecule has 2 heterocycles. The second-order valence-corrected chi connectivity index (χ2v) is 6.14. The molecule has 1 aliphatic rings. The van der Waals surface area contributed by atoms with Crippen molar-refractivity contribution in [2.75, 3.05) is 20.1 Å². The molecule has 0 atom stereocenters. The Hall–Kier alpha value is -1.63. The fraction of sp³-hybridized carbons (Fsp3) is 0.615. The summed E-state index contributed by atoms with van der Waals surface area (Å²) in [5.74, 6) is -0.141. The molecule has 0 saturated heterocycles. The second-order valence-electron chi connectivity index (χ2n) is 5.06. The van der Waals surface area contributed by atoms with Crippen LogP contribution in [0.3, 0.4) is 0 Å². The SMILES string of the molecule is CNC(=O)c1nc2c(s1)CCN(C(=O)NC(C)C)CC2. The lowest BCUT2D eigenvalue weighted by atomic mass is 10.2. The number of carbonyl (C=O) groups is 2. The van der Waals surface area contributed by atoms with Crippen LogP contribution in [0, 0.1) is 0 Å². The molecular weight excluding hydrogens is 276 g/mol. The molecular formula is C13H20N4O2S. The molecule has 0 spiro atoms. The highest BCUT2D eigenvalue weighted by molar-refractivity contribution is 7.13. The van der Waals surface area contributed by atoms with Crippen LogP contribution in [0.1, 0.15) is 34.2 Å². The molecule has 0 bridgehead atoms.